The summed E-state index contributed by atoms with van der Waals surface area (Å²) in [6, 6.07) is 9.15. The van der Waals surface area contributed by atoms with Crippen molar-refractivity contribution in [2.75, 3.05) is 13.1 Å². The van der Waals surface area contributed by atoms with Gasteiger partial charge in [0.2, 0.25) is 0 Å². The topological polar surface area (TPSA) is 24.1 Å². The molecule has 0 bridgehead atoms. The molecule has 1 heterocycles. The van der Waals surface area contributed by atoms with Gasteiger partial charge in [0.1, 0.15) is 0 Å². The third-order valence-electron chi connectivity index (χ3n) is 3.60. The molecule has 0 radical (unpaired) electrons. The highest BCUT2D eigenvalue weighted by atomic mass is 79.9. The molecule has 1 aliphatic rings. The minimum atomic E-state index is 0.341. The molecule has 1 aromatic carbocycles. The molecule has 1 fully saturated rings. The summed E-state index contributed by atoms with van der Waals surface area (Å²) in [5, 5.41) is 7.16. The van der Waals surface area contributed by atoms with Gasteiger partial charge >= 0.3 is 0 Å². The van der Waals surface area contributed by atoms with Crippen molar-refractivity contribution in [1.82, 2.24) is 10.6 Å². The molecule has 0 spiro atoms. The summed E-state index contributed by atoms with van der Waals surface area (Å²) in [5.41, 5.74) is 1.69. The molecule has 1 saturated heterocycles. The molecular formula is C14H21BrN2. The second-order valence-electron chi connectivity index (χ2n) is 5.51. The number of hydrogen-bond acceptors (Lipinski definition) is 2. The fourth-order valence-corrected chi connectivity index (χ4v) is 2.66. The lowest BCUT2D eigenvalue weighted by Gasteiger charge is -2.39. The Bertz CT molecular complexity index is 359. The largest absolute Gasteiger partial charge is 0.316 e. The van der Waals surface area contributed by atoms with Gasteiger partial charge in [0.25, 0.3) is 0 Å². The van der Waals surface area contributed by atoms with Gasteiger partial charge in [0, 0.05) is 23.6 Å². The van der Waals surface area contributed by atoms with E-state index in [1.165, 1.54) is 12.0 Å². The van der Waals surface area contributed by atoms with Crippen molar-refractivity contribution in [3.63, 3.8) is 0 Å². The highest BCUT2D eigenvalue weighted by molar-refractivity contribution is 9.10. The zero-order valence-electron chi connectivity index (χ0n) is 10.6. The maximum Gasteiger partial charge on any atom is 0.0208 e. The van der Waals surface area contributed by atoms with Crippen LogP contribution in [0.25, 0.3) is 0 Å². The van der Waals surface area contributed by atoms with E-state index in [-0.39, 0.29) is 0 Å². The van der Waals surface area contributed by atoms with Crippen molar-refractivity contribution < 1.29 is 0 Å². The van der Waals surface area contributed by atoms with Crippen molar-refractivity contribution >= 4 is 15.9 Å². The van der Waals surface area contributed by atoms with Crippen molar-refractivity contribution in [2.24, 2.45) is 5.41 Å². The summed E-state index contributed by atoms with van der Waals surface area (Å²) in [5.74, 6) is 0. The Morgan fingerprint density at radius 2 is 2.06 bits per heavy atom. The first-order valence-electron chi connectivity index (χ1n) is 6.26. The van der Waals surface area contributed by atoms with Crippen LogP contribution in [0.2, 0.25) is 0 Å². The van der Waals surface area contributed by atoms with Gasteiger partial charge in [-0.3, -0.25) is 0 Å². The summed E-state index contributed by atoms with van der Waals surface area (Å²) in [7, 11) is 0. The Balaban J connectivity index is 1.91. The van der Waals surface area contributed by atoms with E-state index in [2.05, 4.69) is 64.7 Å². The van der Waals surface area contributed by atoms with Gasteiger partial charge in [-0.15, -0.1) is 0 Å². The van der Waals surface area contributed by atoms with E-state index >= 15 is 0 Å². The first-order valence-corrected chi connectivity index (χ1v) is 7.06. The molecule has 1 unspecified atom stereocenters. The lowest BCUT2D eigenvalue weighted by Crippen LogP contribution is -2.52. The number of nitrogens with one attached hydrogen (secondary N) is 2. The van der Waals surface area contributed by atoms with E-state index in [1.54, 1.807) is 0 Å². The average Bonchev–Trinajstić information content (AvgIpc) is 2.29. The zero-order valence-corrected chi connectivity index (χ0v) is 12.2. The molecule has 2 rings (SSSR count). The van der Waals surface area contributed by atoms with E-state index in [9.17, 15) is 0 Å². The summed E-state index contributed by atoms with van der Waals surface area (Å²) in [6.07, 6.45) is 1.21. The minimum absolute atomic E-state index is 0.341. The van der Waals surface area contributed by atoms with Gasteiger partial charge in [-0.1, -0.05) is 41.9 Å². The molecule has 1 atom stereocenters. The number of hydrogen-bond donors (Lipinski definition) is 2. The van der Waals surface area contributed by atoms with Crippen molar-refractivity contribution in [2.45, 2.75) is 32.9 Å². The first-order chi connectivity index (χ1) is 8.08. The monoisotopic (exact) mass is 296 g/mol. The van der Waals surface area contributed by atoms with Gasteiger partial charge in [-0.05, 0) is 36.1 Å². The van der Waals surface area contributed by atoms with Crippen LogP contribution in [0.15, 0.2) is 28.7 Å². The van der Waals surface area contributed by atoms with E-state index in [0.717, 1.165) is 24.1 Å². The van der Waals surface area contributed by atoms with Gasteiger partial charge in [-0.25, -0.2) is 0 Å². The third kappa shape index (κ3) is 3.54. The molecule has 3 heteroatoms. The molecule has 0 aromatic heterocycles. The minimum Gasteiger partial charge on any atom is -0.316 e. The van der Waals surface area contributed by atoms with E-state index < -0.39 is 0 Å². The molecule has 2 nitrogen and oxygen atoms in total. The fourth-order valence-electron chi connectivity index (χ4n) is 2.39. The standard InChI is InChI=1S/C14H21BrN2/c1-14(2)10-16-8-7-13(14)17-9-11-3-5-12(15)6-4-11/h3-6,13,16-17H,7-10H2,1-2H3. The van der Waals surface area contributed by atoms with Gasteiger partial charge in [0.05, 0.1) is 0 Å². The average molecular weight is 297 g/mol. The van der Waals surface area contributed by atoms with Crippen LogP contribution in [0.1, 0.15) is 25.8 Å². The summed E-state index contributed by atoms with van der Waals surface area (Å²) in [6.45, 7) is 7.85. The van der Waals surface area contributed by atoms with Crippen LogP contribution in [0.3, 0.4) is 0 Å². The molecule has 0 amide bonds. The fraction of sp³-hybridized carbons (Fsp3) is 0.571. The lowest BCUT2D eigenvalue weighted by molar-refractivity contribution is 0.184. The van der Waals surface area contributed by atoms with Crippen molar-refractivity contribution in [3.05, 3.63) is 34.3 Å². The summed E-state index contributed by atoms with van der Waals surface area (Å²) >= 11 is 3.46. The molecule has 1 aromatic rings. The molecular weight excluding hydrogens is 276 g/mol. The Morgan fingerprint density at radius 1 is 1.35 bits per heavy atom. The highest BCUT2D eigenvalue weighted by Crippen LogP contribution is 2.25. The lowest BCUT2D eigenvalue weighted by atomic mass is 9.80. The van der Waals surface area contributed by atoms with Gasteiger partial charge in [-0.2, -0.15) is 0 Å². The van der Waals surface area contributed by atoms with Crippen LogP contribution in [-0.2, 0) is 6.54 Å². The molecule has 0 aliphatic carbocycles. The predicted molar refractivity (Wildman–Crippen MR) is 76.0 cm³/mol. The van der Waals surface area contributed by atoms with E-state index in [4.69, 9.17) is 0 Å². The van der Waals surface area contributed by atoms with Gasteiger partial charge < -0.3 is 10.6 Å². The zero-order chi connectivity index (χ0) is 12.3. The second-order valence-corrected chi connectivity index (χ2v) is 6.43. The van der Waals surface area contributed by atoms with Crippen LogP contribution in [0.4, 0.5) is 0 Å². The molecule has 94 valence electrons. The second kappa shape index (κ2) is 5.51. The van der Waals surface area contributed by atoms with Crippen LogP contribution in [0, 0.1) is 5.41 Å². The number of rotatable bonds is 3. The molecule has 17 heavy (non-hydrogen) atoms. The number of benzene rings is 1. The van der Waals surface area contributed by atoms with Crippen LogP contribution in [0.5, 0.6) is 0 Å². The van der Waals surface area contributed by atoms with Gasteiger partial charge in [0.15, 0.2) is 0 Å². The highest BCUT2D eigenvalue weighted by Gasteiger charge is 2.31. The smallest absolute Gasteiger partial charge is 0.0208 e. The number of halogens is 1. The molecule has 0 saturated carbocycles. The number of piperidine rings is 1. The summed E-state index contributed by atoms with van der Waals surface area (Å²) < 4.78 is 1.14. The van der Waals surface area contributed by atoms with Crippen molar-refractivity contribution in [1.29, 1.82) is 0 Å². The Morgan fingerprint density at radius 3 is 2.71 bits per heavy atom. The normalized spacial score (nSPS) is 23.6. The van der Waals surface area contributed by atoms with E-state index in [0.29, 0.717) is 11.5 Å². The third-order valence-corrected chi connectivity index (χ3v) is 4.13. The van der Waals surface area contributed by atoms with Crippen molar-refractivity contribution in [3.8, 4) is 0 Å². The Hall–Kier alpha value is -0.380. The van der Waals surface area contributed by atoms with Crippen LogP contribution in [-0.4, -0.2) is 19.1 Å². The Labute approximate surface area is 112 Å². The Kier molecular flexibility index (Phi) is 4.23. The maximum absolute atomic E-state index is 3.69. The predicted octanol–water partition coefficient (Wildman–Crippen LogP) is 2.93. The SMILES string of the molecule is CC1(C)CNCCC1NCc1ccc(Br)cc1. The first kappa shape index (κ1) is 13.1. The van der Waals surface area contributed by atoms with Crippen LogP contribution >= 0.6 is 15.9 Å². The van der Waals surface area contributed by atoms with Crippen LogP contribution < -0.4 is 10.6 Å². The quantitative estimate of drug-likeness (QED) is 0.896. The van der Waals surface area contributed by atoms with E-state index in [1.807, 2.05) is 0 Å². The molecule has 1 aliphatic heterocycles. The summed E-state index contributed by atoms with van der Waals surface area (Å²) in [4.78, 5) is 0. The molecule has 2 N–H and O–H groups in total. The maximum atomic E-state index is 3.69.